The smallest absolute Gasteiger partial charge is 0.00142 e. The first kappa shape index (κ1) is 23.9. The van der Waals surface area contributed by atoms with Crippen LogP contribution in [0.2, 0.25) is 0 Å². The summed E-state index contributed by atoms with van der Waals surface area (Å²) in [6, 6.07) is 0. The van der Waals surface area contributed by atoms with Crippen molar-refractivity contribution in [1.82, 2.24) is 0 Å². The number of hydrogen-bond donors (Lipinski definition) is 0. The molecule has 0 atom stereocenters. The predicted molar refractivity (Wildman–Crippen MR) is 148 cm³/mol. The van der Waals surface area contributed by atoms with Crippen LogP contribution in [-0.2, 0) is 0 Å². The molecule has 0 amide bonds. The molecule has 2 rings (SSSR count). The molecule has 0 spiro atoms. The minimum Gasteiger partial charge on any atom is -0.0984 e. The lowest BCUT2D eigenvalue weighted by Crippen LogP contribution is -2.03. The highest BCUT2D eigenvalue weighted by Gasteiger charge is 2.21. The SMILES string of the molecule is C=Cc1c(/C=C\C)c(/C=C\C)c2c(C=C)c(/C=C\C)c(/C=C\C)c(C=C)c2c1/C=C\C. The lowest BCUT2D eigenvalue weighted by atomic mass is 9.80. The number of allylic oxidation sites excluding steroid dienone is 5. The van der Waals surface area contributed by atoms with Gasteiger partial charge in [0.2, 0.25) is 0 Å². The number of benzene rings is 2. The van der Waals surface area contributed by atoms with Gasteiger partial charge in [-0.15, -0.1) is 0 Å². The fourth-order valence-corrected chi connectivity index (χ4v) is 4.31. The minimum atomic E-state index is 1.13. The Kier molecular flexibility index (Phi) is 8.58. The molecule has 0 heterocycles. The molecule has 0 nitrogen and oxygen atoms in total. The van der Waals surface area contributed by atoms with Gasteiger partial charge >= 0.3 is 0 Å². The van der Waals surface area contributed by atoms with Gasteiger partial charge in [-0.05, 0) is 89.9 Å². The van der Waals surface area contributed by atoms with E-state index in [9.17, 15) is 0 Å². The summed E-state index contributed by atoms with van der Waals surface area (Å²) in [7, 11) is 0. The van der Waals surface area contributed by atoms with Gasteiger partial charge in [-0.2, -0.15) is 0 Å². The van der Waals surface area contributed by atoms with Gasteiger partial charge in [0.25, 0.3) is 0 Å². The van der Waals surface area contributed by atoms with Crippen molar-refractivity contribution < 1.29 is 0 Å². The summed E-state index contributed by atoms with van der Waals surface area (Å²) in [4.78, 5) is 0. The Morgan fingerprint density at radius 2 is 0.613 bits per heavy atom. The highest BCUT2D eigenvalue weighted by atomic mass is 14.2. The molecule has 0 fully saturated rings. The van der Waals surface area contributed by atoms with E-state index in [4.69, 9.17) is 0 Å². The lowest BCUT2D eigenvalue weighted by molar-refractivity contribution is 1.52. The largest absolute Gasteiger partial charge is 0.0984 e. The lowest BCUT2D eigenvalue weighted by Gasteiger charge is -2.23. The Morgan fingerprint density at radius 3 is 0.903 bits per heavy atom. The molecule has 0 saturated heterocycles. The summed E-state index contributed by atoms with van der Waals surface area (Å²) in [6.07, 6.45) is 27.3. The molecule has 0 aromatic heterocycles. The fourth-order valence-electron chi connectivity index (χ4n) is 4.31. The molecule has 0 aliphatic carbocycles. The Hall–Kier alpha value is -3.38. The maximum atomic E-state index is 4.21. The molecular formula is C31H34. The van der Waals surface area contributed by atoms with E-state index in [2.05, 4.69) is 101 Å². The van der Waals surface area contributed by atoms with E-state index in [0.717, 1.165) is 33.4 Å². The molecule has 0 bridgehead atoms. The third-order valence-corrected chi connectivity index (χ3v) is 5.35. The van der Waals surface area contributed by atoms with Crippen LogP contribution in [-0.4, -0.2) is 0 Å². The number of fused-ring (bicyclic) bond motifs is 1. The average Bonchev–Trinajstić information content (AvgIpc) is 2.77. The van der Waals surface area contributed by atoms with Gasteiger partial charge in [-0.25, -0.2) is 0 Å². The molecule has 0 radical (unpaired) electrons. The third kappa shape index (κ3) is 4.25. The van der Waals surface area contributed by atoms with Gasteiger partial charge in [0.1, 0.15) is 0 Å². The van der Waals surface area contributed by atoms with Gasteiger partial charge < -0.3 is 0 Å². The van der Waals surface area contributed by atoms with E-state index >= 15 is 0 Å². The van der Waals surface area contributed by atoms with Crippen molar-refractivity contribution in [2.24, 2.45) is 0 Å². The molecule has 0 heteroatoms. The van der Waals surface area contributed by atoms with Crippen molar-refractivity contribution in [1.29, 1.82) is 0 Å². The highest BCUT2D eigenvalue weighted by molar-refractivity contribution is 6.13. The number of rotatable bonds is 8. The van der Waals surface area contributed by atoms with Gasteiger partial charge in [0.15, 0.2) is 0 Å². The molecule has 0 unspecified atom stereocenters. The third-order valence-electron chi connectivity index (χ3n) is 5.35. The van der Waals surface area contributed by atoms with Crippen LogP contribution in [0.4, 0.5) is 0 Å². The van der Waals surface area contributed by atoms with Crippen molar-refractivity contribution in [2.75, 3.05) is 0 Å². The van der Waals surface area contributed by atoms with Crippen LogP contribution >= 0.6 is 0 Å². The first-order valence-electron chi connectivity index (χ1n) is 10.8. The molecule has 0 aliphatic rings. The van der Waals surface area contributed by atoms with Gasteiger partial charge in [0, 0.05) is 0 Å². The van der Waals surface area contributed by atoms with Gasteiger partial charge in [0.05, 0.1) is 0 Å². The van der Waals surface area contributed by atoms with E-state index in [0.29, 0.717) is 0 Å². The van der Waals surface area contributed by atoms with E-state index in [1.807, 2.05) is 32.1 Å². The topological polar surface area (TPSA) is 0 Å². The van der Waals surface area contributed by atoms with E-state index < -0.39 is 0 Å². The van der Waals surface area contributed by atoms with Crippen molar-refractivity contribution in [3.05, 3.63) is 94.6 Å². The normalized spacial score (nSPS) is 12.4. The summed E-state index contributed by atoms with van der Waals surface area (Å²) in [5.74, 6) is 0. The average molecular weight is 407 g/mol. The minimum absolute atomic E-state index is 1.13. The maximum Gasteiger partial charge on any atom is -0.00142 e. The molecule has 31 heavy (non-hydrogen) atoms. The first-order valence-corrected chi connectivity index (χ1v) is 10.8. The summed E-state index contributed by atoms with van der Waals surface area (Å²) in [6.45, 7) is 22.8. The van der Waals surface area contributed by atoms with E-state index in [1.54, 1.807) is 0 Å². The molecule has 2 aromatic carbocycles. The van der Waals surface area contributed by atoms with Crippen LogP contribution < -0.4 is 0 Å². The van der Waals surface area contributed by atoms with Crippen LogP contribution in [0.3, 0.4) is 0 Å². The molecule has 0 N–H and O–H groups in total. The van der Waals surface area contributed by atoms with Crippen LogP contribution in [0.5, 0.6) is 0 Å². The highest BCUT2D eigenvalue weighted by Crippen LogP contribution is 2.43. The first-order chi connectivity index (χ1) is 15.1. The zero-order chi connectivity index (χ0) is 23.0. The predicted octanol–water partition coefficient (Wildman–Crippen LogP) is 9.93. The zero-order valence-corrected chi connectivity index (χ0v) is 19.6. The Morgan fingerprint density at radius 1 is 0.355 bits per heavy atom. The second-order valence-corrected chi connectivity index (χ2v) is 7.17. The molecule has 0 saturated carbocycles. The van der Waals surface area contributed by atoms with Crippen molar-refractivity contribution >= 4 is 59.4 Å². The Bertz CT molecular complexity index is 1160. The van der Waals surface area contributed by atoms with E-state index in [-0.39, 0.29) is 0 Å². The second kappa shape index (κ2) is 11.1. The molecule has 0 aliphatic heterocycles. The second-order valence-electron chi connectivity index (χ2n) is 7.17. The van der Waals surface area contributed by atoms with Gasteiger partial charge in [-0.3, -0.25) is 0 Å². The van der Waals surface area contributed by atoms with Crippen LogP contribution in [0, 0.1) is 0 Å². The summed E-state index contributed by atoms with van der Waals surface area (Å²) < 4.78 is 0. The molecule has 158 valence electrons. The quantitative estimate of drug-likeness (QED) is 0.409. The van der Waals surface area contributed by atoms with E-state index in [1.165, 1.54) is 21.9 Å². The van der Waals surface area contributed by atoms with Gasteiger partial charge in [-0.1, -0.05) is 98.7 Å². The standard InChI is InChI=1S/C31H34/c1-9-17-25-22(14-6)28(20-12-4)30-23(15-7)26(18-10-2)27(19-11-3)24(16-8)31(30)29(25)21-13-5/h9-21H,6-8H2,1-5H3/b17-9-,18-10-,19-11-,20-12-,21-13-. The summed E-state index contributed by atoms with van der Waals surface area (Å²) >= 11 is 0. The van der Waals surface area contributed by atoms with Crippen LogP contribution in [0.25, 0.3) is 59.4 Å². The van der Waals surface area contributed by atoms with Crippen LogP contribution in [0.15, 0.2) is 50.1 Å². The van der Waals surface area contributed by atoms with Crippen molar-refractivity contribution in [3.8, 4) is 0 Å². The Labute approximate surface area is 188 Å². The van der Waals surface area contributed by atoms with Crippen LogP contribution in [0.1, 0.15) is 79.1 Å². The number of hydrogen-bond acceptors (Lipinski definition) is 0. The summed E-state index contributed by atoms with van der Waals surface area (Å²) in [5, 5.41) is 2.37. The fraction of sp³-hybridized carbons (Fsp3) is 0.161. The molecular weight excluding hydrogens is 372 g/mol. The monoisotopic (exact) mass is 406 g/mol. The van der Waals surface area contributed by atoms with Crippen molar-refractivity contribution in [3.63, 3.8) is 0 Å². The zero-order valence-electron chi connectivity index (χ0n) is 19.6. The maximum absolute atomic E-state index is 4.21. The van der Waals surface area contributed by atoms with Crippen molar-refractivity contribution in [2.45, 2.75) is 34.6 Å². The molecule has 2 aromatic rings. The Balaban J connectivity index is 3.56. The summed E-state index contributed by atoms with van der Waals surface area (Å²) in [5.41, 5.74) is 9.20.